The van der Waals surface area contributed by atoms with Crippen molar-refractivity contribution in [3.05, 3.63) is 95.8 Å². The predicted octanol–water partition coefficient (Wildman–Crippen LogP) is 3.29. The Bertz CT molecular complexity index is 1070. The van der Waals surface area contributed by atoms with Gasteiger partial charge in [-0.25, -0.2) is 5.43 Å². The second-order valence-corrected chi connectivity index (χ2v) is 6.91. The van der Waals surface area contributed by atoms with Gasteiger partial charge in [0.15, 0.2) is 6.61 Å². The largest absolute Gasteiger partial charge is 0.484 e. The Morgan fingerprint density at radius 1 is 0.969 bits per heavy atom. The molecule has 0 saturated heterocycles. The summed E-state index contributed by atoms with van der Waals surface area (Å²) in [6.45, 7) is 1.37. The van der Waals surface area contributed by atoms with E-state index in [9.17, 15) is 9.59 Å². The summed E-state index contributed by atoms with van der Waals surface area (Å²) in [4.78, 5) is 28.1. The topological polar surface area (TPSA) is 92.7 Å². The lowest BCUT2D eigenvalue weighted by molar-refractivity contribution is -0.129. The lowest BCUT2D eigenvalue weighted by atomic mass is 10.1. The SMILES string of the molecule is CC(NC(=O)COc1ccc(/C=C/c2ccccc2)cc1)C(=O)N/N=C/c1cccnc1. The number of hydrogen-bond acceptors (Lipinski definition) is 5. The van der Waals surface area contributed by atoms with Crippen LogP contribution in [0.25, 0.3) is 12.2 Å². The van der Waals surface area contributed by atoms with Gasteiger partial charge in [0.05, 0.1) is 6.21 Å². The van der Waals surface area contributed by atoms with Gasteiger partial charge in [-0.2, -0.15) is 5.10 Å². The van der Waals surface area contributed by atoms with E-state index < -0.39 is 17.9 Å². The van der Waals surface area contributed by atoms with Crippen molar-refractivity contribution in [3.63, 3.8) is 0 Å². The Morgan fingerprint density at radius 3 is 2.34 bits per heavy atom. The molecule has 3 aromatic rings. The van der Waals surface area contributed by atoms with Crippen molar-refractivity contribution in [1.29, 1.82) is 0 Å². The number of nitrogens with one attached hydrogen (secondary N) is 2. The Labute approximate surface area is 186 Å². The highest BCUT2D eigenvalue weighted by Crippen LogP contribution is 2.14. The van der Waals surface area contributed by atoms with Crippen molar-refractivity contribution in [1.82, 2.24) is 15.7 Å². The minimum atomic E-state index is -0.761. The van der Waals surface area contributed by atoms with Gasteiger partial charge in [-0.3, -0.25) is 14.6 Å². The lowest BCUT2D eigenvalue weighted by Crippen LogP contribution is -2.45. The van der Waals surface area contributed by atoms with Crippen molar-refractivity contribution >= 4 is 30.2 Å². The number of ether oxygens (including phenoxy) is 1. The number of hydrazone groups is 1. The number of amides is 2. The molecule has 0 bridgehead atoms. The van der Waals surface area contributed by atoms with Gasteiger partial charge in [-0.1, -0.05) is 60.7 Å². The van der Waals surface area contributed by atoms with E-state index in [4.69, 9.17) is 4.74 Å². The molecular formula is C25H24N4O3. The first kappa shape index (κ1) is 22.4. The molecule has 0 aliphatic carbocycles. The highest BCUT2D eigenvalue weighted by Gasteiger charge is 2.15. The molecule has 3 rings (SSSR count). The second-order valence-electron chi connectivity index (χ2n) is 6.91. The minimum Gasteiger partial charge on any atom is -0.484 e. The summed E-state index contributed by atoms with van der Waals surface area (Å²) in [7, 11) is 0. The Morgan fingerprint density at radius 2 is 1.66 bits per heavy atom. The maximum Gasteiger partial charge on any atom is 0.262 e. The number of pyridine rings is 1. The Hall–Kier alpha value is -4.26. The number of nitrogens with zero attached hydrogens (tertiary/aromatic N) is 2. The van der Waals surface area contributed by atoms with Gasteiger partial charge in [0.1, 0.15) is 11.8 Å². The first-order valence-electron chi connectivity index (χ1n) is 10.1. The van der Waals surface area contributed by atoms with Gasteiger partial charge in [-0.15, -0.1) is 0 Å². The molecule has 7 heteroatoms. The maximum absolute atomic E-state index is 12.1. The molecule has 1 heterocycles. The van der Waals surface area contributed by atoms with Crippen LogP contribution in [0, 0.1) is 0 Å². The van der Waals surface area contributed by atoms with Crippen molar-refractivity contribution in [3.8, 4) is 5.75 Å². The van der Waals surface area contributed by atoms with Crippen LogP contribution in [0.1, 0.15) is 23.6 Å². The highest BCUT2D eigenvalue weighted by molar-refractivity contribution is 5.88. The zero-order valence-corrected chi connectivity index (χ0v) is 17.6. The Balaban J connectivity index is 1.40. The van der Waals surface area contributed by atoms with Gasteiger partial charge in [0.25, 0.3) is 11.8 Å². The maximum atomic E-state index is 12.1. The third-order valence-electron chi connectivity index (χ3n) is 4.36. The smallest absolute Gasteiger partial charge is 0.262 e. The van der Waals surface area contributed by atoms with E-state index in [1.807, 2.05) is 54.6 Å². The van der Waals surface area contributed by atoms with Crippen molar-refractivity contribution < 1.29 is 14.3 Å². The molecule has 162 valence electrons. The molecule has 1 aromatic heterocycles. The summed E-state index contributed by atoms with van der Waals surface area (Å²) in [6, 6.07) is 20.2. The van der Waals surface area contributed by atoms with Crippen LogP contribution in [-0.4, -0.2) is 35.7 Å². The number of aromatic nitrogens is 1. The molecule has 1 atom stereocenters. The summed E-state index contributed by atoms with van der Waals surface area (Å²) in [5.74, 6) is -0.278. The van der Waals surface area contributed by atoms with Crippen LogP contribution in [0.2, 0.25) is 0 Å². The predicted molar refractivity (Wildman–Crippen MR) is 125 cm³/mol. The van der Waals surface area contributed by atoms with Crippen LogP contribution in [-0.2, 0) is 9.59 Å². The van der Waals surface area contributed by atoms with Crippen LogP contribution in [0.15, 0.2) is 84.2 Å². The first-order valence-corrected chi connectivity index (χ1v) is 10.1. The number of hydrogen-bond donors (Lipinski definition) is 2. The molecule has 0 spiro atoms. The quantitative estimate of drug-likeness (QED) is 0.311. The highest BCUT2D eigenvalue weighted by atomic mass is 16.5. The molecule has 0 aliphatic heterocycles. The molecule has 2 amide bonds. The van der Waals surface area contributed by atoms with Crippen molar-refractivity contribution in [2.45, 2.75) is 13.0 Å². The van der Waals surface area contributed by atoms with Crippen molar-refractivity contribution in [2.75, 3.05) is 6.61 Å². The normalized spacial score (nSPS) is 11.9. The minimum absolute atomic E-state index is 0.199. The second kappa shape index (κ2) is 11.8. The summed E-state index contributed by atoms with van der Waals surface area (Å²) in [5, 5.41) is 6.43. The van der Waals surface area contributed by atoms with E-state index in [-0.39, 0.29) is 6.61 Å². The number of carbonyl (C=O) groups is 2. The number of carbonyl (C=O) groups excluding carboxylic acids is 2. The number of rotatable bonds is 9. The summed E-state index contributed by atoms with van der Waals surface area (Å²) in [5.41, 5.74) is 5.26. The van der Waals surface area contributed by atoms with Crippen LogP contribution in [0.5, 0.6) is 5.75 Å². The zero-order valence-electron chi connectivity index (χ0n) is 17.6. The molecule has 32 heavy (non-hydrogen) atoms. The fourth-order valence-electron chi connectivity index (χ4n) is 2.65. The van der Waals surface area contributed by atoms with E-state index in [0.29, 0.717) is 5.75 Å². The summed E-state index contributed by atoms with van der Waals surface area (Å²) >= 11 is 0. The third kappa shape index (κ3) is 7.53. The molecule has 2 N–H and O–H groups in total. The van der Waals surface area contributed by atoms with Gasteiger partial charge >= 0.3 is 0 Å². The fraction of sp³-hybridized carbons (Fsp3) is 0.120. The van der Waals surface area contributed by atoms with Crippen LogP contribution in [0.3, 0.4) is 0 Å². The standard InChI is InChI=1S/C25H24N4O3/c1-19(25(31)29-27-17-22-8-5-15-26-16-22)28-24(30)18-32-23-13-11-21(12-14-23)10-9-20-6-3-2-4-7-20/h2-17,19H,18H2,1H3,(H,28,30)(H,29,31)/b10-9+,27-17+. The molecule has 0 radical (unpaired) electrons. The summed E-state index contributed by atoms with van der Waals surface area (Å²) in [6.07, 6.45) is 8.76. The molecule has 1 unspecified atom stereocenters. The average Bonchev–Trinajstić information content (AvgIpc) is 2.83. The van der Waals surface area contributed by atoms with Crippen LogP contribution in [0.4, 0.5) is 0 Å². The summed E-state index contributed by atoms with van der Waals surface area (Å²) < 4.78 is 5.50. The zero-order chi connectivity index (χ0) is 22.6. The monoisotopic (exact) mass is 428 g/mol. The van der Waals surface area contributed by atoms with E-state index in [0.717, 1.165) is 16.7 Å². The van der Waals surface area contributed by atoms with Gasteiger partial charge in [-0.05, 0) is 36.2 Å². The van der Waals surface area contributed by atoms with Gasteiger partial charge in [0, 0.05) is 18.0 Å². The molecule has 0 fully saturated rings. The first-order chi connectivity index (χ1) is 15.6. The molecule has 2 aromatic carbocycles. The van der Waals surface area contributed by atoms with Crippen LogP contribution >= 0.6 is 0 Å². The fourth-order valence-corrected chi connectivity index (χ4v) is 2.65. The molecule has 0 aliphatic rings. The molecular weight excluding hydrogens is 404 g/mol. The molecule has 7 nitrogen and oxygen atoms in total. The van der Waals surface area contributed by atoms with E-state index in [2.05, 4.69) is 20.8 Å². The lowest BCUT2D eigenvalue weighted by Gasteiger charge is -2.12. The number of benzene rings is 2. The molecule has 0 saturated carbocycles. The van der Waals surface area contributed by atoms with E-state index >= 15 is 0 Å². The van der Waals surface area contributed by atoms with E-state index in [1.54, 1.807) is 43.6 Å². The van der Waals surface area contributed by atoms with Crippen molar-refractivity contribution in [2.24, 2.45) is 5.10 Å². The van der Waals surface area contributed by atoms with Gasteiger partial charge < -0.3 is 10.1 Å². The average molecular weight is 428 g/mol. The van der Waals surface area contributed by atoms with E-state index in [1.165, 1.54) is 6.21 Å². The third-order valence-corrected chi connectivity index (χ3v) is 4.36. The Kier molecular flexibility index (Phi) is 8.27. The van der Waals surface area contributed by atoms with Crippen LogP contribution < -0.4 is 15.5 Å². The van der Waals surface area contributed by atoms with Gasteiger partial charge in [0.2, 0.25) is 0 Å².